The van der Waals surface area contributed by atoms with Gasteiger partial charge in [-0.25, -0.2) is 4.79 Å². The van der Waals surface area contributed by atoms with E-state index in [1.54, 1.807) is 0 Å². The summed E-state index contributed by atoms with van der Waals surface area (Å²) in [7, 11) is 0. The molecule has 1 unspecified atom stereocenters. The lowest BCUT2D eigenvalue weighted by atomic mass is 9.85. The van der Waals surface area contributed by atoms with E-state index in [2.05, 4.69) is 26.1 Å². The lowest BCUT2D eigenvalue weighted by Crippen LogP contribution is -2.59. The number of nitrogens with one attached hydrogen (secondary N) is 1. The Morgan fingerprint density at radius 2 is 2.00 bits per heavy atom. The average Bonchev–Trinajstić information content (AvgIpc) is 2.47. The highest BCUT2D eigenvalue weighted by atomic mass is 16.5. The fourth-order valence-electron chi connectivity index (χ4n) is 3.30. The standard InChI is InChI=1S/C17H31N3O4/c1-5-19(11-15(21)22)13-8-12(9-13)18-16(23)20-6-7-24-14(10-20)17(2,3)4/h12-14H,5-11H2,1-4H3,(H,18,23)(H,21,22). The van der Waals surface area contributed by atoms with Crippen LogP contribution in [0.25, 0.3) is 0 Å². The van der Waals surface area contributed by atoms with Gasteiger partial charge in [0.15, 0.2) is 0 Å². The number of hydrogen-bond donors (Lipinski definition) is 2. The molecule has 138 valence electrons. The van der Waals surface area contributed by atoms with Gasteiger partial charge in [0, 0.05) is 25.2 Å². The minimum atomic E-state index is -0.800. The fraction of sp³-hybridized carbons (Fsp3) is 0.882. The molecule has 1 saturated heterocycles. The Labute approximate surface area is 144 Å². The van der Waals surface area contributed by atoms with Gasteiger partial charge < -0.3 is 20.1 Å². The molecule has 1 atom stereocenters. The van der Waals surface area contributed by atoms with E-state index in [1.165, 1.54) is 0 Å². The molecule has 2 amide bonds. The largest absolute Gasteiger partial charge is 0.480 e. The highest BCUT2D eigenvalue weighted by Gasteiger charge is 2.37. The average molecular weight is 341 g/mol. The van der Waals surface area contributed by atoms with Crippen LogP contribution in [0, 0.1) is 5.41 Å². The summed E-state index contributed by atoms with van der Waals surface area (Å²) in [5.74, 6) is -0.800. The molecular weight excluding hydrogens is 310 g/mol. The van der Waals surface area contributed by atoms with E-state index in [-0.39, 0.29) is 36.2 Å². The molecule has 0 aromatic carbocycles. The number of hydrogen-bond acceptors (Lipinski definition) is 4. The number of carboxylic acid groups (broad SMARTS) is 1. The van der Waals surface area contributed by atoms with Crippen LogP contribution in [-0.2, 0) is 9.53 Å². The third-order valence-corrected chi connectivity index (χ3v) is 5.02. The predicted octanol–water partition coefficient (Wildman–Crippen LogP) is 1.38. The number of carbonyl (C=O) groups is 2. The van der Waals surface area contributed by atoms with Gasteiger partial charge >= 0.3 is 12.0 Å². The van der Waals surface area contributed by atoms with Crippen molar-refractivity contribution in [3.63, 3.8) is 0 Å². The maximum atomic E-state index is 12.4. The summed E-state index contributed by atoms with van der Waals surface area (Å²) in [5.41, 5.74) is 0.0129. The van der Waals surface area contributed by atoms with Gasteiger partial charge in [-0.05, 0) is 24.8 Å². The summed E-state index contributed by atoms with van der Waals surface area (Å²) < 4.78 is 5.78. The number of amides is 2. The molecule has 1 heterocycles. The van der Waals surface area contributed by atoms with E-state index in [0.717, 1.165) is 12.8 Å². The van der Waals surface area contributed by atoms with Gasteiger partial charge in [0.2, 0.25) is 0 Å². The third-order valence-electron chi connectivity index (χ3n) is 5.02. The van der Waals surface area contributed by atoms with E-state index in [0.29, 0.717) is 26.2 Å². The van der Waals surface area contributed by atoms with Crippen molar-refractivity contribution < 1.29 is 19.4 Å². The molecule has 7 nitrogen and oxygen atoms in total. The predicted molar refractivity (Wildman–Crippen MR) is 91.0 cm³/mol. The SMILES string of the molecule is CCN(CC(=O)O)C1CC(NC(=O)N2CCOC(C(C)(C)C)C2)C1. The molecule has 7 heteroatoms. The number of rotatable bonds is 5. The molecule has 2 fully saturated rings. The van der Waals surface area contributed by atoms with Crippen molar-refractivity contribution in [3.8, 4) is 0 Å². The molecule has 1 saturated carbocycles. The third kappa shape index (κ3) is 4.83. The van der Waals surface area contributed by atoms with Crippen molar-refractivity contribution in [1.82, 2.24) is 15.1 Å². The molecular formula is C17H31N3O4. The maximum Gasteiger partial charge on any atom is 0.317 e. The Kier molecular flexibility index (Phi) is 6.09. The van der Waals surface area contributed by atoms with Crippen molar-refractivity contribution in [2.45, 2.75) is 58.7 Å². The highest BCUT2D eigenvalue weighted by molar-refractivity contribution is 5.75. The van der Waals surface area contributed by atoms with Gasteiger partial charge in [-0.1, -0.05) is 27.7 Å². The van der Waals surface area contributed by atoms with Crippen LogP contribution in [0.4, 0.5) is 4.79 Å². The first-order valence-corrected chi connectivity index (χ1v) is 8.83. The Hall–Kier alpha value is -1.34. The monoisotopic (exact) mass is 341 g/mol. The molecule has 2 N–H and O–H groups in total. The molecule has 0 aromatic heterocycles. The minimum absolute atomic E-state index is 0.0129. The van der Waals surface area contributed by atoms with Gasteiger partial charge in [0.05, 0.1) is 19.3 Å². The Bertz CT molecular complexity index is 457. The fourth-order valence-corrected chi connectivity index (χ4v) is 3.30. The van der Waals surface area contributed by atoms with Crippen LogP contribution < -0.4 is 5.32 Å². The summed E-state index contributed by atoms with van der Waals surface area (Å²) in [5, 5.41) is 12.0. The zero-order chi connectivity index (χ0) is 17.9. The van der Waals surface area contributed by atoms with E-state index in [4.69, 9.17) is 9.84 Å². The van der Waals surface area contributed by atoms with Crippen molar-refractivity contribution in [2.75, 3.05) is 32.8 Å². The summed E-state index contributed by atoms with van der Waals surface area (Å²) >= 11 is 0. The zero-order valence-electron chi connectivity index (χ0n) is 15.2. The number of urea groups is 1. The normalized spacial score (nSPS) is 27.7. The van der Waals surface area contributed by atoms with Crippen molar-refractivity contribution in [3.05, 3.63) is 0 Å². The van der Waals surface area contributed by atoms with Crippen LogP contribution >= 0.6 is 0 Å². The lowest BCUT2D eigenvalue weighted by molar-refractivity contribution is -0.139. The molecule has 1 aliphatic heterocycles. The topological polar surface area (TPSA) is 82.1 Å². The molecule has 0 spiro atoms. The molecule has 0 radical (unpaired) electrons. The number of carbonyl (C=O) groups excluding carboxylic acids is 1. The number of carboxylic acids is 1. The zero-order valence-corrected chi connectivity index (χ0v) is 15.2. The summed E-state index contributed by atoms with van der Waals surface area (Å²) in [6.45, 7) is 10.9. The summed E-state index contributed by atoms with van der Waals surface area (Å²) in [4.78, 5) is 27.1. The van der Waals surface area contributed by atoms with Crippen molar-refractivity contribution in [1.29, 1.82) is 0 Å². The highest BCUT2D eigenvalue weighted by Crippen LogP contribution is 2.27. The molecule has 0 bridgehead atoms. The second kappa shape index (κ2) is 7.70. The quantitative estimate of drug-likeness (QED) is 0.789. The number of likely N-dealkylation sites (N-methyl/N-ethyl adjacent to an activating group) is 1. The smallest absolute Gasteiger partial charge is 0.317 e. The first-order valence-electron chi connectivity index (χ1n) is 8.83. The second-order valence-corrected chi connectivity index (χ2v) is 7.90. The maximum absolute atomic E-state index is 12.4. The summed E-state index contributed by atoms with van der Waals surface area (Å²) in [6, 6.07) is 0.363. The second-order valence-electron chi connectivity index (χ2n) is 7.90. The number of ether oxygens (including phenoxy) is 1. The number of aliphatic carboxylic acids is 1. The number of nitrogens with zero attached hydrogens (tertiary/aromatic N) is 2. The minimum Gasteiger partial charge on any atom is -0.480 e. The van der Waals surface area contributed by atoms with Gasteiger partial charge in [-0.15, -0.1) is 0 Å². The van der Waals surface area contributed by atoms with Crippen LogP contribution in [0.15, 0.2) is 0 Å². The van der Waals surface area contributed by atoms with E-state index in [9.17, 15) is 9.59 Å². The van der Waals surface area contributed by atoms with Gasteiger partial charge in [0.1, 0.15) is 0 Å². The van der Waals surface area contributed by atoms with Crippen LogP contribution in [0.5, 0.6) is 0 Å². The Balaban J connectivity index is 1.77. The molecule has 24 heavy (non-hydrogen) atoms. The summed E-state index contributed by atoms with van der Waals surface area (Å²) in [6.07, 6.45) is 1.69. The molecule has 2 aliphatic rings. The van der Waals surface area contributed by atoms with Crippen LogP contribution in [0.2, 0.25) is 0 Å². The number of morpholine rings is 1. The Morgan fingerprint density at radius 1 is 1.33 bits per heavy atom. The van der Waals surface area contributed by atoms with Crippen molar-refractivity contribution >= 4 is 12.0 Å². The molecule has 1 aliphatic carbocycles. The molecule has 0 aromatic rings. The van der Waals surface area contributed by atoms with Crippen LogP contribution in [0.3, 0.4) is 0 Å². The Morgan fingerprint density at radius 3 is 2.54 bits per heavy atom. The molecule has 2 rings (SSSR count). The van der Waals surface area contributed by atoms with Gasteiger partial charge in [0.25, 0.3) is 0 Å². The van der Waals surface area contributed by atoms with Crippen molar-refractivity contribution in [2.24, 2.45) is 5.41 Å². The van der Waals surface area contributed by atoms with E-state index < -0.39 is 5.97 Å². The van der Waals surface area contributed by atoms with Gasteiger partial charge in [-0.3, -0.25) is 9.69 Å². The van der Waals surface area contributed by atoms with Crippen LogP contribution in [0.1, 0.15) is 40.5 Å². The first kappa shape index (κ1) is 19.0. The lowest BCUT2D eigenvalue weighted by Gasteiger charge is -2.44. The van der Waals surface area contributed by atoms with E-state index in [1.807, 2.05) is 16.7 Å². The van der Waals surface area contributed by atoms with Crippen LogP contribution in [-0.4, -0.2) is 77.9 Å². The van der Waals surface area contributed by atoms with Gasteiger partial charge in [-0.2, -0.15) is 0 Å². The van der Waals surface area contributed by atoms with E-state index >= 15 is 0 Å². The first-order chi connectivity index (χ1) is 11.2.